The fourth-order valence-corrected chi connectivity index (χ4v) is 1.64. The van der Waals surface area contributed by atoms with Gasteiger partial charge in [-0.05, 0) is 12.8 Å². The molecule has 86 valence electrons. The topological polar surface area (TPSA) is 46.6 Å². The predicted molar refractivity (Wildman–Crippen MR) is 56.5 cm³/mol. The number of nitrogens with zero attached hydrogens (tertiary/aromatic N) is 1. The van der Waals surface area contributed by atoms with Crippen LogP contribution in [0.4, 0.5) is 0 Å². The van der Waals surface area contributed by atoms with Crippen molar-refractivity contribution in [2.45, 2.75) is 33.2 Å². The average molecular weight is 213 g/mol. The molecule has 2 unspecified atom stereocenters. The van der Waals surface area contributed by atoms with E-state index in [0.717, 1.165) is 6.42 Å². The van der Waals surface area contributed by atoms with Crippen molar-refractivity contribution >= 4 is 11.7 Å². The molecule has 0 aromatic carbocycles. The van der Waals surface area contributed by atoms with Gasteiger partial charge < -0.3 is 9.64 Å². The third-order valence-electron chi connectivity index (χ3n) is 2.87. The van der Waals surface area contributed by atoms with Crippen molar-refractivity contribution in [2.75, 3.05) is 19.8 Å². The molecule has 1 amide bonds. The lowest BCUT2D eigenvalue weighted by Gasteiger charge is -2.35. The molecule has 0 bridgehead atoms. The van der Waals surface area contributed by atoms with Gasteiger partial charge in [0.2, 0.25) is 5.91 Å². The minimum Gasteiger partial charge on any atom is -0.369 e. The Morgan fingerprint density at radius 2 is 2.33 bits per heavy atom. The number of amides is 1. The molecular weight excluding hydrogens is 194 g/mol. The van der Waals surface area contributed by atoms with Crippen LogP contribution in [0.2, 0.25) is 0 Å². The second-order valence-corrected chi connectivity index (χ2v) is 4.20. The monoisotopic (exact) mass is 213 g/mol. The second-order valence-electron chi connectivity index (χ2n) is 4.20. The van der Waals surface area contributed by atoms with Crippen LogP contribution in [-0.2, 0) is 14.3 Å². The maximum Gasteiger partial charge on any atom is 0.249 e. The van der Waals surface area contributed by atoms with Gasteiger partial charge in [0.15, 0.2) is 5.78 Å². The number of carbonyl (C=O) groups is 2. The second kappa shape index (κ2) is 5.26. The highest BCUT2D eigenvalue weighted by atomic mass is 16.5. The smallest absolute Gasteiger partial charge is 0.249 e. The Morgan fingerprint density at radius 1 is 1.67 bits per heavy atom. The highest BCUT2D eigenvalue weighted by Gasteiger charge is 2.32. The van der Waals surface area contributed by atoms with Gasteiger partial charge in [0.1, 0.15) is 12.6 Å². The van der Waals surface area contributed by atoms with E-state index in [1.54, 1.807) is 4.90 Å². The molecule has 0 aliphatic carbocycles. The zero-order chi connectivity index (χ0) is 11.4. The molecule has 0 aromatic rings. The number of Topliss-reactive ketones (excluding diaryl/α,β-unsaturated/α-hetero) is 1. The first kappa shape index (κ1) is 12.2. The van der Waals surface area contributed by atoms with Gasteiger partial charge >= 0.3 is 0 Å². The average Bonchev–Trinajstić information content (AvgIpc) is 2.20. The summed E-state index contributed by atoms with van der Waals surface area (Å²) in [6.07, 6.45) is 1.01. The van der Waals surface area contributed by atoms with E-state index in [9.17, 15) is 9.59 Å². The molecule has 4 heteroatoms. The number of hydrogen-bond acceptors (Lipinski definition) is 3. The minimum absolute atomic E-state index is 0.00588. The number of hydrogen-bond donors (Lipinski definition) is 0. The summed E-state index contributed by atoms with van der Waals surface area (Å²) in [6.45, 7) is 6.79. The number of ketones is 1. The standard InChI is InChI=1S/C11H19NO3/c1-4-8(2)5-12-10(9(3)13)6-15-7-11(12)14/h8,10H,4-7H2,1-3H3. The maximum atomic E-state index is 11.6. The van der Waals surface area contributed by atoms with E-state index in [1.165, 1.54) is 6.92 Å². The van der Waals surface area contributed by atoms with Crippen LogP contribution in [0.15, 0.2) is 0 Å². The van der Waals surface area contributed by atoms with Gasteiger partial charge in [-0.3, -0.25) is 9.59 Å². The molecule has 1 aliphatic rings. The highest BCUT2D eigenvalue weighted by molar-refractivity contribution is 5.89. The van der Waals surface area contributed by atoms with Gasteiger partial charge in [-0.25, -0.2) is 0 Å². The Bertz CT molecular complexity index is 252. The first-order valence-corrected chi connectivity index (χ1v) is 5.44. The van der Waals surface area contributed by atoms with Crippen molar-refractivity contribution < 1.29 is 14.3 Å². The minimum atomic E-state index is -0.375. The van der Waals surface area contributed by atoms with Gasteiger partial charge in [0.05, 0.1) is 6.61 Å². The van der Waals surface area contributed by atoms with Crippen LogP contribution in [0.25, 0.3) is 0 Å². The van der Waals surface area contributed by atoms with Crippen LogP contribution in [0, 0.1) is 5.92 Å². The summed E-state index contributed by atoms with van der Waals surface area (Å²) in [7, 11) is 0. The van der Waals surface area contributed by atoms with Gasteiger partial charge in [-0.2, -0.15) is 0 Å². The Morgan fingerprint density at radius 3 is 2.87 bits per heavy atom. The number of carbonyl (C=O) groups excluding carboxylic acids is 2. The molecule has 0 saturated carbocycles. The van der Waals surface area contributed by atoms with E-state index in [0.29, 0.717) is 19.1 Å². The largest absolute Gasteiger partial charge is 0.369 e. The molecule has 2 atom stereocenters. The first-order valence-electron chi connectivity index (χ1n) is 5.44. The Balaban J connectivity index is 2.68. The molecule has 4 nitrogen and oxygen atoms in total. The Hall–Kier alpha value is -0.900. The third-order valence-corrected chi connectivity index (χ3v) is 2.87. The number of ether oxygens (including phenoxy) is 1. The van der Waals surface area contributed by atoms with Crippen LogP contribution in [-0.4, -0.2) is 42.4 Å². The quantitative estimate of drug-likeness (QED) is 0.695. The van der Waals surface area contributed by atoms with Gasteiger partial charge in [-0.1, -0.05) is 20.3 Å². The lowest BCUT2D eigenvalue weighted by atomic mass is 10.1. The van der Waals surface area contributed by atoms with Gasteiger partial charge in [0, 0.05) is 6.54 Å². The molecule has 1 heterocycles. The Labute approximate surface area is 90.6 Å². The van der Waals surface area contributed by atoms with Crippen molar-refractivity contribution in [3.05, 3.63) is 0 Å². The summed E-state index contributed by atoms with van der Waals surface area (Å²) in [6, 6.07) is -0.375. The predicted octanol–water partition coefficient (Wildman–Crippen LogP) is 0.849. The van der Waals surface area contributed by atoms with E-state index in [1.807, 2.05) is 0 Å². The van der Waals surface area contributed by atoms with Gasteiger partial charge in [0.25, 0.3) is 0 Å². The number of rotatable bonds is 4. The SMILES string of the molecule is CCC(C)CN1C(=O)COCC1C(C)=O. The van der Waals surface area contributed by atoms with Crippen molar-refractivity contribution in [1.29, 1.82) is 0 Å². The first-order chi connectivity index (χ1) is 7.06. The van der Waals surface area contributed by atoms with Crippen molar-refractivity contribution in [2.24, 2.45) is 5.92 Å². The van der Waals surface area contributed by atoms with Gasteiger partial charge in [-0.15, -0.1) is 0 Å². The fraction of sp³-hybridized carbons (Fsp3) is 0.818. The molecule has 0 radical (unpaired) electrons. The molecule has 1 rings (SSSR count). The van der Waals surface area contributed by atoms with Crippen LogP contribution in [0.1, 0.15) is 27.2 Å². The summed E-state index contributed by atoms with van der Waals surface area (Å²) < 4.78 is 5.09. The molecule has 0 N–H and O–H groups in total. The fourth-order valence-electron chi connectivity index (χ4n) is 1.64. The van der Waals surface area contributed by atoms with E-state index in [2.05, 4.69) is 13.8 Å². The summed E-state index contributed by atoms with van der Waals surface area (Å²) >= 11 is 0. The molecule has 0 aromatic heterocycles. The van der Waals surface area contributed by atoms with Crippen LogP contribution >= 0.6 is 0 Å². The zero-order valence-corrected chi connectivity index (χ0v) is 9.66. The Kier molecular flexibility index (Phi) is 4.27. The van der Waals surface area contributed by atoms with Crippen molar-refractivity contribution in [1.82, 2.24) is 4.90 Å². The summed E-state index contributed by atoms with van der Waals surface area (Å²) in [4.78, 5) is 24.6. The van der Waals surface area contributed by atoms with Crippen LogP contribution in [0.5, 0.6) is 0 Å². The van der Waals surface area contributed by atoms with E-state index < -0.39 is 0 Å². The zero-order valence-electron chi connectivity index (χ0n) is 9.66. The number of morpholine rings is 1. The summed E-state index contributed by atoms with van der Waals surface area (Å²) in [5, 5.41) is 0. The normalized spacial score (nSPS) is 24.1. The molecular formula is C11H19NO3. The molecule has 1 saturated heterocycles. The molecule has 1 aliphatic heterocycles. The molecule has 0 spiro atoms. The highest BCUT2D eigenvalue weighted by Crippen LogP contribution is 2.13. The molecule has 15 heavy (non-hydrogen) atoms. The summed E-state index contributed by atoms with van der Waals surface area (Å²) in [5.41, 5.74) is 0. The van der Waals surface area contributed by atoms with Crippen molar-refractivity contribution in [3.63, 3.8) is 0 Å². The third kappa shape index (κ3) is 3.02. The van der Waals surface area contributed by atoms with E-state index in [4.69, 9.17) is 4.74 Å². The lowest BCUT2D eigenvalue weighted by molar-refractivity contribution is -0.154. The van der Waals surface area contributed by atoms with Crippen LogP contribution < -0.4 is 0 Å². The van der Waals surface area contributed by atoms with E-state index in [-0.39, 0.29) is 24.3 Å². The van der Waals surface area contributed by atoms with E-state index >= 15 is 0 Å². The molecule has 1 fully saturated rings. The maximum absolute atomic E-state index is 11.6. The van der Waals surface area contributed by atoms with Crippen molar-refractivity contribution in [3.8, 4) is 0 Å². The summed E-state index contributed by atoms with van der Waals surface area (Å²) in [5.74, 6) is 0.363. The van der Waals surface area contributed by atoms with Crippen LogP contribution in [0.3, 0.4) is 0 Å². The lowest BCUT2D eigenvalue weighted by Crippen LogP contribution is -2.53.